The van der Waals surface area contributed by atoms with Gasteiger partial charge in [-0.25, -0.2) is 0 Å². The first-order valence-electron chi connectivity index (χ1n) is 7.35. The molecule has 2 N–H and O–H groups in total. The Balaban J connectivity index is 2.23. The fourth-order valence-corrected chi connectivity index (χ4v) is 3.19. The van der Waals surface area contributed by atoms with E-state index in [1.165, 1.54) is 29.8 Å². The van der Waals surface area contributed by atoms with Crippen LogP contribution in [0.15, 0.2) is 18.2 Å². The van der Waals surface area contributed by atoms with Gasteiger partial charge in [-0.15, -0.1) is 0 Å². The number of rotatable bonds is 3. The van der Waals surface area contributed by atoms with Crippen molar-refractivity contribution < 1.29 is 0 Å². The first kappa shape index (κ1) is 14.4. The largest absolute Gasteiger partial charge is 0.369 e. The van der Waals surface area contributed by atoms with Crippen LogP contribution >= 0.6 is 0 Å². The number of likely N-dealkylation sites (N-methyl/N-ethyl adjacent to an activating group) is 1. The second-order valence-electron chi connectivity index (χ2n) is 5.75. The molecule has 0 radical (unpaired) electrons. The van der Waals surface area contributed by atoms with Crippen molar-refractivity contribution in [2.45, 2.75) is 32.7 Å². The van der Waals surface area contributed by atoms with E-state index in [0.29, 0.717) is 6.04 Å². The van der Waals surface area contributed by atoms with Crippen LogP contribution in [0.3, 0.4) is 0 Å². The van der Waals surface area contributed by atoms with E-state index in [1.807, 2.05) is 0 Å². The van der Waals surface area contributed by atoms with E-state index in [0.717, 1.165) is 26.1 Å². The molecule has 0 aliphatic carbocycles. The standard InChI is InChI=1S/C16H27N3/c1-13-6-4-7-14(2)16(13)19-11-5-10-18(3)15(12-19)8-9-17/h4,6-7,15H,5,8-12,17H2,1-3H3. The Labute approximate surface area is 117 Å². The highest BCUT2D eigenvalue weighted by Gasteiger charge is 2.23. The molecule has 0 spiro atoms. The van der Waals surface area contributed by atoms with Gasteiger partial charge in [0, 0.05) is 24.8 Å². The van der Waals surface area contributed by atoms with E-state index in [-0.39, 0.29) is 0 Å². The van der Waals surface area contributed by atoms with Gasteiger partial charge in [-0.2, -0.15) is 0 Å². The summed E-state index contributed by atoms with van der Waals surface area (Å²) in [5.41, 5.74) is 9.97. The SMILES string of the molecule is Cc1cccc(C)c1N1CCCN(C)C(CCN)C1. The Hall–Kier alpha value is -1.06. The molecule has 19 heavy (non-hydrogen) atoms. The lowest BCUT2D eigenvalue weighted by Crippen LogP contribution is -2.40. The summed E-state index contributed by atoms with van der Waals surface area (Å²) >= 11 is 0. The van der Waals surface area contributed by atoms with Crippen LogP contribution in [0.5, 0.6) is 0 Å². The molecule has 1 aromatic carbocycles. The predicted molar refractivity (Wildman–Crippen MR) is 82.8 cm³/mol. The molecule has 1 saturated heterocycles. The number of para-hydroxylation sites is 1. The minimum Gasteiger partial charge on any atom is -0.369 e. The second kappa shape index (κ2) is 6.40. The molecule has 1 fully saturated rings. The summed E-state index contributed by atoms with van der Waals surface area (Å²) in [6.45, 7) is 8.63. The maximum absolute atomic E-state index is 5.77. The third kappa shape index (κ3) is 3.28. The molecule has 0 amide bonds. The smallest absolute Gasteiger partial charge is 0.0426 e. The molecular weight excluding hydrogens is 234 g/mol. The fraction of sp³-hybridized carbons (Fsp3) is 0.625. The zero-order valence-electron chi connectivity index (χ0n) is 12.5. The molecule has 0 aromatic heterocycles. The average molecular weight is 261 g/mol. The summed E-state index contributed by atoms with van der Waals surface area (Å²) in [6, 6.07) is 7.16. The van der Waals surface area contributed by atoms with Crippen molar-refractivity contribution in [1.82, 2.24) is 4.90 Å². The van der Waals surface area contributed by atoms with Crippen LogP contribution in [0.4, 0.5) is 5.69 Å². The molecule has 2 rings (SSSR count). The van der Waals surface area contributed by atoms with E-state index >= 15 is 0 Å². The Kier molecular flexibility index (Phi) is 4.83. The number of nitrogens with two attached hydrogens (primary N) is 1. The van der Waals surface area contributed by atoms with Gasteiger partial charge in [-0.05, 0) is 58.0 Å². The van der Waals surface area contributed by atoms with Crippen molar-refractivity contribution in [3.63, 3.8) is 0 Å². The van der Waals surface area contributed by atoms with E-state index in [1.54, 1.807) is 0 Å². The molecule has 1 atom stereocenters. The number of benzene rings is 1. The Morgan fingerprint density at radius 1 is 1.21 bits per heavy atom. The highest BCUT2D eigenvalue weighted by molar-refractivity contribution is 5.59. The summed E-state index contributed by atoms with van der Waals surface area (Å²) in [5, 5.41) is 0. The van der Waals surface area contributed by atoms with E-state index in [2.05, 4.69) is 48.9 Å². The van der Waals surface area contributed by atoms with E-state index in [9.17, 15) is 0 Å². The molecule has 1 aliphatic rings. The lowest BCUT2D eigenvalue weighted by Gasteiger charge is -2.31. The Morgan fingerprint density at radius 2 is 1.89 bits per heavy atom. The fourth-order valence-electron chi connectivity index (χ4n) is 3.19. The van der Waals surface area contributed by atoms with Gasteiger partial charge < -0.3 is 15.5 Å². The second-order valence-corrected chi connectivity index (χ2v) is 5.75. The monoisotopic (exact) mass is 261 g/mol. The lowest BCUT2D eigenvalue weighted by atomic mass is 10.1. The van der Waals surface area contributed by atoms with Gasteiger partial charge in [-0.3, -0.25) is 0 Å². The predicted octanol–water partition coefficient (Wildman–Crippen LogP) is 2.16. The minimum absolute atomic E-state index is 0.575. The zero-order valence-corrected chi connectivity index (χ0v) is 12.5. The van der Waals surface area contributed by atoms with Gasteiger partial charge in [0.1, 0.15) is 0 Å². The molecular formula is C16H27N3. The summed E-state index contributed by atoms with van der Waals surface area (Å²) in [7, 11) is 2.23. The molecule has 1 unspecified atom stereocenters. The molecule has 106 valence electrons. The molecule has 1 aromatic rings. The van der Waals surface area contributed by atoms with E-state index in [4.69, 9.17) is 5.73 Å². The highest BCUT2D eigenvalue weighted by atomic mass is 15.2. The normalized spacial score (nSPS) is 21.5. The van der Waals surface area contributed by atoms with Gasteiger partial charge in [0.25, 0.3) is 0 Å². The van der Waals surface area contributed by atoms with Crippen LogP contribution in [0.2, 0.25) is 0 Å². The molecule has 0 bridgehead atoms. The number of hydrogen-bond donors (Lipinski definition) is 1. The van der Waals surface area contributed by atoms with Crippen molar-refractivity contribution in [1.29, 1.82) is 0 Å². The Bertz CT molecular complexity index is 396. The number of aryl methyl sites for hydroxylation is 2. The molecule has 1 aliphatic heterocycles. The number of nitrogens with zero attached hydrogens (tertiary/aromatic N) is 2. The summed E-state index contributed by atoms with van der Waals surface area (Å²) < 4.78 is 0. The third-order valence-electron chi connectivity index (χ3n) is 4.25. The van der Waals surface area contributed by atoms with Crippen molar-refractivity contribution in [3.05, 3.63) is 29.3 Å². The van der Waals surface area contributed by atoms with Gasteiger partial charge in [0.15, 0.2) is 0 Å². The van der Waals surface area contributed by atoms with Crippen LogP contribution < -0.4 is 10.6 Å². The van der Waals surface area contributed by atoms with Crippen molar-refractivity contribution in [2.75, 3.05) is 38.1 Å². The summed E-state index contributed by atoms with van der Waals surface area (Å²) in [5.74, 6) is 0. The van der Waals surface area contributed by atoms with E-state index < -0.39 is 0 Å². The maximum atomic E-state index is 5.77. The molecule has 0 saturated carbocycles. The first-order valence-corrected chi connectivity index (χ1v) is 7.35. The first-order chi connectivity index (χ1) is 9.13. The van der Waals surface area contributed by atoms with Gasteiger partial charge in [0.05, 0.1) is 0 Å². The average Bonchev–Trinajstić information content (AvgIpc) is 2.53. The zero-order chi connectivity index (χ0) is 13.8. The van der Waals surface area contributed by atoms with Crippen LogP contribution in [0, 0.1) is 13.8 Å². The summed E-state index contributed by atoms with van der Waals surface area (Å²) in [6.07, 6.45) is 2.31. The van der Waals surface area contributed by atoms with Crippen LogP contribution in [0.1, 0.15) is 24.0 Å². The topological polar surface area (TPSA) is 32.5 Å². The van der Waals surface area contributed by atoms with Gasteiger partial charge in [-0.1, -0.05) is 18.2 Å². The third-order valence-corrected chi connectivity index (χ3v) is 4.25. The highest BCUT2D eigenvalue weighted by Crippen LogP contribution is 2.27. The van der Waals surface area contributed by atoms with Gasteiger partial charge in [0.2, 0.25) is 0 Å². The summed E-state index contributed by atoms with van der Waals surface area (Å²) in [4.78, 5) is 5.04. The quantitative estimate of drug-likeness (QED) is 0.905. The van der Waals surface area contributed by atoms with Crippen molar-refractivity contribution in [2.24, 2.45) is 5.73 Å². The van der Waals surface area contributed by atoms with Gasteiger partial charge >= 0.3 is 0 Å². The molecule has 1 heterocycles. The number of anilines is 1. The number of hydrogen-bond acceptors (Lipinski definition) is 3. The molecule has 3 heteroatoms. The maximum Gasteiger partial charge on any atom is 0.0426 e. The van der Waals surface area contributed by atoms with Crippen LogP contribution in [-0.2, 0) is 0 Å². The Morgan fingerprint density at radius 3 is 2.53 bits per heavy atom. The van der Waals surface area contributed by atoms with Crippen LogP contribution in [-0.4, -0.2) is 44.2 Å². The van der Waals surface area contributed by atoms with Crippen molar-refractivity contribution in [3.8, 4) is 0 Å². The molecule has 3 nitrogen and oxygen atoms in total. The van der Waals surface area contributed by atoms with Crippen molar-refractivity contribution >= 4 is 5.69 Å². The minimum atomic E-state index is 0.575. The lowest BCUT2D eigenvalue weighted by molar-refractivity contribution is 0.251. The van der Waals surface area contributed by atoms with Crippen LogP contribution in [0.25, 0.3) is 0 Å².